The van der Waals surface area contributed by atoms with Crippen LogP contribution in [-0.2, 0) is 13.6 Å². The summed E-state index contributed by atoms with van der Waals surface area (Å²) in [6.07, 6.45) is 0.608. The Morgan fingerprint density at radius 1 is 1.28 bits per heavy atom. The number of nitrogens with zero attached hydrogens (tertiary/aromatic N) is 3. The first-order valence-electron chi connectivity index (χ1n) is 8.10. The van der Waals surface area contributed by atoms with E-state index in [2.05, 4.69) is 5.10 Å². The minimum Gasteiger partial charge on any atom is -0.467 e. The van der Waals surface area contributed by atoms with E-state index in [-0.39, 0.29) is 12.5 Å². The van der Waals surface area contributed by atoms with Crippen LogP contribution >= 0.6 is 0 Å². The van der Waals surface area contributed by atoms with E-state index < -0.39 is 6.10 Å². The van der Waals surface area contributed by atoms with Gasteiger partial charge in [-0.25, -0.2) is 0 Å². The SMILES string of the molecule is Cc1cc(C(=O)N(Cc2ccccc2)CC(O)c2ccco2)nn1C. The number of benzene rings is 1. The molecule has 0 bridgehead atoms. The maximum atomic E-state index is 12.9. The number of carbonyl (C=O) groups is 1. The summed E-state index contributed by atoms with van der Waals surface area (Å²) in [6, 6.07) is 14.8. The molecule has 2 aromatic heterocycles. The van der Waals surface area contributed by atoms with Crippen molar-refractivity contribution in [2.45, 2.75) is 19.6 Å². The van der Waals surface area contributed by atoms with Crippen LogP contribution in [-0.4, -0.2) is 32.2 Å². The molecule has 2 heterocycles. The topological polar surface area (TPSA) is 71.5 Å². The number of hydrogen-bond acceptors (Lipinski definition) is 4. The Kier molecular flexibility index (Phi) is 5.00. The molecule has 1 aromatic carbocycles. The lowest BCUT2D eigenvalue weighted by Gasteiger charge is -2.24. The van der Waals surface area contributed by atoms with Gasteiger partial charge in [0, 0.05) is 19.3 Å². The first-order valence-corrected chi connectivity index (χ1v) is 8.10. The van der Waals surface area contributed by atoms with Crippen molar-refractivity contribution in [3.05, 3.63) is 77.5 Å². The lowest BCUT2D eigenvalue weighted by molar-refractivity contribution is 0.0557. The monoisotopic (exact) mass is 339 g/mol. The van der Waals surface area contributed by atoms with E-state index in [9.17, 15) is 9.90 Å². The van der Waals surface area contributed by atoms with Gasteiger partial charge in [0.2, 0.25) is 0 Å². The molecular weight excluding hydrogens is 318 g/mol. The maximum absolute atomic E-state index is 12.9. The van der Waals surface area contributed by atoms with E-state index >= 15 is 0 Å². The van der Waals surface area contributed by atoms with Gasteiger partial charge in [0.1, 0.15) is 11.9 Å². The molecule has 25 heavy (non-hydrogen) atoms. The Morgan fingerprint density at radius 3 is 2.64 bits per heavy atom. The fourth-order valence-electron chi connectivity index (χ4n) is 2.63. The summed E-state index contributed by atoms with van der Waals surface area (Å²) in [4.78, 5) is 14.5. The standard InChI is InChI=1S/C19H21N3O3/c1-14-11-16(20-21(14)2)19(24)22(12-15-7-4-3-5-8-15)13-17(23)18-9-6-10-25-18/h3-11,17,23H,12-13H2,1-2H3. The lowest BCUT2D eigenvalue weighted by Crippen LogP contribution is -2.34. The van der Waals surface area contributed by atoms with Crippen LogP contribution < -0.4 is 0 Å². The minimum atomic E-state index is -0.896. The highest BCUT2D eigenvalue weighted by atomic mass is 16.4. The van der Waals surface area contributed by atoms with Crippen molar-refractivity contribution in [3.63, 3.8) is 0 Å². The van der Waals surface area contributed by atoms with Crippen LogP contribution in [0.2, 0.25) is 0 Å². The summed E-state index contributed by atoms with van der Waals surface area (Å²) in [5.41, 5.74) is 2.24. The molecule has 1 N–H and O–H groups in total. The van der Waals surface area contributed by atoms with E-state index in [4.69, 9.17) is 4.42 Å². The van der Waals surface area contributed by atoms with Crippen molar-refractivity contribution in [1.29, 1.82) is 0 Å². The summed E-state index contributed by atoms with van der Waals surface area (Å²) in [7, 11) is 1.80. The van der Waals surface area contributed by atoms with E-state index in [1.54, 1.807) is 34.8 Å². The van der Waals surface area contributed by atoms with Crippen molar-refractivity contribution < 1.29 is 14.3 Å². The molecule has 0 spiro atoms. The average molecular weight is 339 g/mol. The molecule has 1 amide bonds. The highest BCUT2D eigenvalue weighted by molar-refractivity contribution is 5.92. The summed E-state index contributed by atoms with van der Waals surface area (Å²) < 4.78 is 6.91. The molecule has 3 aromatic rings. The number of aromatic nitrogens is 2. The van der Waals surface area contributed by atoms with Crippen molar-refractivity contribution in [2.24, 2.45) is 7.05 Å². The van der Waals surface area contributed by atoms with E-state index in [1.165, 1.54) is 6.26 Å². The predicted octanol–water partition coefficient (Wildman–Crippen LogP) is 2.70. The molecule has 0 saturated carbocycles. The zero-order valence-corrected chi connectivity index (χ0v) is 14.3. The molecular formula is C19H21N3O3. The van der Waals surface area contributed by atoms with Gasteiger partial charge in [0.25, 0.3) is 5.91 Å². The van der Waals surface area contributed by atoms with Gasteiger partial charge in [0.05, 0.1) is 12.8 Å². The number of amides is 1. The molecule has 0 fully saturated rings. The first kappa shape index (κ1) is 17.0. The highest BCUT2D eigenvalue weighted by Crippen LogP contribution is 2.18. The zero-order valence-electron chi connectivity index (χ0n) is 14.3. The molecule has 0 aliphatic rings. The molecule has 0 aliphatic heterocycles. The average Bonchev–Trinajstić information content (AvgIpc) is 3.25. The molecule has 0 aliphatic carbocycles. The van der Waals surface area contributed by atoms with Crippen molar-refractivity contribution in [1.82, 2.24) is 14.7 Å². The summed E-state index contributed by atoms with van der Waals surface area (Å²) in [5, 5.41) is 14.7. The van der Waals surface area contributed by atoms with E-state index in [1.807, 2.05) is 37.3 Å². The smallest absolute Gasteiger partial charge is 0.274 e. The number of rotatable bonds is 6. The molecule has 6 heteroatoms. The fourth-order valence-corrected chi connectivity index (χ4v) is 2.63. The molecule has 1 unspecified atom stereocenters. The number of carbonyl (C=O) groups excluding carboxylic acids is 1. The summed E-state index contributed by atoms with van der Waals surface area (Å²) in [5.74, 6) is 0.209. The van der Waals surface area contributed by atoms with Crippen LogP contribution in [0.25, 0.3) is 0 Å². The van der Waals surface area contributed by atoms with Crippen LogP contribution in [0.3, 0.4) is 0 Å². The highest BCUT2D eigenvalue weighted by Gasteiger charge is 2.23. The summed E-state index contributed by atoms with van der Waals surface area (Å²) in [6.45, 7) is 2.40. The Balaban J connectivity index is 1.83. The Morgan fingerprint density at radius 2 is 2.04 bits per heavy atom. The molecule has 0 radical (unpaired) electrons. The minimum absolute atomic E-state index is 0.122. The van der Waals surface area contributed by atoms with Gasteiger partial charge in [-0.3, -0.25) is 9.48 Å². The van der Waals surface area contributed by atoms with Crippen molar-refractivity contribution in [2.75, 3.05) is 6.54 Å². The third kappa shape index (κ3) is 3.97. The van der Waals surface area contributed by atoms with E-state index in [0.717, 1.165) is 11.3 Å². The zero-order chi connectivity index (χ0) is 17.8. The lowest BCUT2D eigenvalue weighted by atomic mass is 10.1. The largest absolute Gasteiger partial charge is 0.467 e. The normalized spacial score (nSPS) is 12.1. The molecule has 6 nitrogen and oxygen atoms in total. The molecule has 1 atom stereocenters. The fraction of sp³-hybridized carbons (Fsp3) is 0.263. The van der Waals surface area contributed by atoms with Crippen molar-refractivity contribution >= 4 is 5.91 Å². The van der Waals surface area contributed by atoms with Crippen LogP contribution in [0, 0.1) is 6.92 Å². The number of aryl methyl sites for hydroxylation is 2. The second-order valence-electron chi connectivity index (χ2n) is 6.00. The number of aliphatic hydroxyl groups excluding tert-OH is 1. The quantitative estimate of drug-likeness (QED) is 0.749. The van der Waals surface area contributed by atoms with Crippen LogP contribution in [0.1, 0.15) is 33.6 Å². The van der Waals surface area contributed by atoms with Gasteiger partial charge in [-0.15, -0.1) is 0 Å². The number of furan rings is 1. The maximum Gasteiger partial charge on any atom is 0.274 e. The Hall–Kier alpha value is -2.86. The third-order valence-electron chi connectivity index (χ3n) is 4.10. The van der Waals surface area contributed by atoms with Gasteiger partial charge in [-0.1, -0.05) is 30.3 Å². The van der Waals surface area contributed by atoms with Crippen LogP contribution in [0.5, 0.6) is 0 Å². The van der Waals surface area contributed by atoms with Gasteiger partial charge >= 0.3 is 0 Å². The predicted molar refractivity (Wildman–Crippen MR) is 92.8 cm³/mol. The van der Waals surface area contributed by atoms with Gasteiger partial charge in [0.15, 0.2) is 5.69 Å². The van der Waals surface area contributed by atoms with Gasteiger partial charge in [-0.2, -0.15) is 5.10 Å². The third-order valence-corrected chi connectivity index (χ3v) is 4.10. The molecule has 0 saturated heterocycles. The van der Waals surface area contributed by atoms with E-state index in [0.29, 0.717) is 18.0 Å². The van der Waals surface area contributed by atoms with Gasteiger partial charge < -0.3 is 14.4 Å². The first-order chi connectivity index (χ1) is 12.0. The summed E-state index contributed by atoms with van der Waals surface area (Å²) >= 11 is 0. The second kappa shape index (κ2) is 7.36. The van der Waals surface area contributed by atoms with Crippen molar-refractivity contribution in [3.8, 4) is 0 Å². The molecule has 130 valence electrons. The molecule has 3 rings (SSSR count). The number of hydrogen-bond donors (Lipinski definition) is 1. The Labute approximate surface area is 146 Å². The van der Waals surface area contributed by atoms with Crippen LogP contribution in [0.4, 0.5) is 0 Å². The second-order valence-corrected chi connectivity index (χ2v) is 6.00. The number of aliphatic hydroxyl groups is 1. The van der Waals surface area contributed by atoms with Gasteiger partial charge in [-0.05, 0) is 30.7 Å². The van der Waals surface area contributed by atoms with Crippen LogP contribution in [0.15, 0.2) is 59.2 Å². The Bertz CT molecular complexity index is 805.